The minimum atomic E-state index is 1.25. The maximum absolute atomic E-state index is 2.30. The molecule has 0 nitrogen and oxygen atoms in total. The van der Waals surface area contributed by atoms with E-state index < -0.39 is 0 Å². The maximum Gasteiger partial charge on any atom is -0.00697 e. The largest absolute Gasteiger partial charge is 0.0622 e. The first-order chi connectivity index (χ1) is 12.7. The molecule has 0 heteroatoms. The normalized spacial score (nSPS) is 10.7. The van der Waals surface area contributed by atoms with Crippen molar-refractivity contribution in [1.82, 2.24) is 0 Å². The van der Waals surface area contributed by atoms with Crippen LogP contribution >= 0.6 is 0 Å². The molecule has 0 amide bonds. The molecule has 0 aliphatic rings. The van der Waals surface area contributed by atoms with E-state index in [1.807, 2.05) is 0 Å². The molecule has 4 rings (SSSR count). The van der Waals surface area contributed by atoms with Crippen LogP contribution in [0, 0.1) is 13.8 Å². The van der Waals surface area contributed by atoms with Gasteiger partial charge in [0.2, 0.25) is 0 Å². The number of hydrogen-bond donors (Lipinski definition) is 0. The Bertz CT molecular complexity index is 1030. The predicted octanol–water partition coefficient (Wildman–Crippen LogP) is 7.30. The van der Waals surface area contributed by atoms with Crippen molar-refractivity contribution in [1.29, 1.82) is 0 Å². The molecule has 4 aromatic carbocycles. The number of benzene rings is 4. The fraction of sp³-hybridized carbons (Fsp3) is 0.0769. The molecule has 0 N–H and O–H groups in total. The van der Waals surface area contributed by atoms with E-state index >= 15 is 0 Å². The highest BCUT2D eigenvalue weighted by Gasteiger charge is 2.15. The Labute approximate surface area is 155 Å². The molecule has 0 unspecified atom stereocenters. The van der Waals surface area contributed by atoms with Crippen molar-refractivity contribution in [3.63, 3.8) is 0 Å². The minimum Gasteiger partial charge on any atom is -0.0622 e. The highest BCUT2D eigenvalue weighted by Crippen LogP contribution is 2.40. The number of hydrogen-bond acceptors (Lipinski definition) is 0. The van der Waals surface area contributed by atoms with Crippen molar-refractivity contribution in [2.45, 2.75) is 13.8 Å². The lowest BCUT2D eigenvalue weighted by Crippen LogP contribution is -1.93. The molecule has 0 saturated heterocycles. The second-order valence-electron chi connectivity index (χ2n) is 6.78. The lowest BCUT2D eigenvalue weighted by atomic mass is 9.86. The van der Waals surface area contributed by atoms with Crippen LogP contribution in [-0.2, 0) is 0 Å². The fourth-order valence-corrected chi connectivity index (χ4v) is 3.74. The molecule has 126 valence electrons. The number of rotatable bonds is 3. The second kappa shape index (κ2) is 7.01. The highest BCUT2D eigenvalue weighted by molar-refractivity contribution is 5.93. The lowest BCUT2D eigenvalue weighted by molar-refractivity contribution is 1.38. The van der Waals surface area contributed by atoms with Crippen LogP contribution in [0.15, 0.2) is 97.1 Å². The third kappa shape index (κ3) is 3.07. The van der Waals surface area contributed by atoms with Crippen LogP contribution in [0.4, 0.5) is 0 Å². The second-order valence-corrected chi connectivity index (χ2v) is 6.78. The molecule has 26 heavy (non-hydrogen) atoms. The predicted molar refractivity (Wildman–Crippen MR) is 112 cm³/mol. The molecule has 0 aliphatic heterocycles. The lowest BCUT2D eigenvalue weighted by Gasteiger charge is -2.18. The van der Waals surface area contributed by atoms with Crippen LogP contribution in [-0.4, -0.2) is 0 Å². The van der Waals surface area contributed by atoms with Gasteiger partial charge in [-0.15, -0.1) is 0 Å². The molecule has 0 bridgehead atoms. The molecule has 0 saturated carbocycles. The average molecular weight is 334 g/mol. The molecule has 0 heterocycles. The molecule has 0 aromatic heterocycles. The van der Waals surface area contributed by atoms with Gasteiger partial charge in [-0.05, 0) is 52.8 Å². The molecule has 0 fully saturated rings. The van der Waals surface area contributed by atoms with E-state index in [1.54, 1.807) is 0 Å². The molecule has 4 aromatic rings. The van der Waals surface area contributed by atoms with E-state index in [-0.39, 0.29) is 0 Å². The van der Waals surface area contributed by atoms with Gasteiger partial charge in [0.25, 0.3) is 0 Å². The Kier molecular flexibility index (Phi) is 4.41. The molecular weight excluding hydrogens is 312 g/mol. The molecular formula is C26H22. The van der Waals surface area contributed by atoms with E-state index in [0.29, 0.717) is 0 Å². The summed E-state index contributed by atoms with van der Waals surface area (Å²) in [4.78, 5) is 0. The quantitative estimate of drug-likeness (QED) is 0.368. The third-order valence-corrected chi connectivity index (χ3v) is 4.85. The summed E-state index contributed by atoms with van der Waals surface area (Å²) in [5.74, 6) is 0. The van der Waals surface area contributed by atoms with Crippen molar-refractivity contribution in [3.05, 3.63) is 108 Å². The van der Waals surface area contributed by atoms with E-state index in [2.05, 4.69) is 111 Å². The van der Waals surface area contributed by atoms with Crippen molar-refractivity contribution in [3.8, 4) is 33.4 Å². The first kappa shape index (κ1) is 16.4. The molecule has 0 atom stereocenters. The van der Waals surface area contributed by atoms with Gasteiger partial charge < -0.3 is 0 Å². The smallest absolute Gasteiger partial charge is 0.00697 e. The summed E-state index contributed by atoms with van der Waals surface area (Å²) in [5, 5.41) is 0. The maximum atomic E-state index is 2.30. The first-order valence-electron chi connectivity index (χ1n) is 9.05. The van der Waals surface area contributed by atoms with Gasteiger partial charge in [0.1, 0.15) is 0 Å². The summed E-state index contributed by atoms with van der Waals surface area (Å²) in [6.45, 7) is 4.39. The first-order valence-corrected chi connectivity index (χ1v) is 9.05. The van der Waals surface area contributed by atoms with Crippen LogP contribution in [0.2, 0.25) is 0 Å². The van der Waals surface area contributed by atoms with Crippen LogP contribution < -0.4 is 0 Å². The Morgan fingerprint density at radius 2 is 0.962 bits per heavy atom. The van der Waals surface area contributed by atoms with Crippen LogP contribution in [0.5, 0.6) is 0 Å². The zero-order valence-corrected chi connectivity index (χ0v) is 15.2. The van der Waals surface area contributed by atoms with Gasteiger partial charge in [-0.3, -0.25) is 0 Å². The van der Waals surface area contributed by atoms with Crippen molar-refractivity contribution < 1.29 is 0 Å². The Morgan fingerprint density at radius 1 is 0.462 bits per heavy atom. The topological polar surface area (TPSA) is 0 Å². The van der Waals surface area contributed by atoms with Gasteiger partial charge in [0.05, 0.1) is 0 Å². The van der Waals surface area contributed by atoms with Crippen molar-refractivity contribution in [2.75, 3.05) is 0 Å². The number of aryl methyl sites for hydroxylation is 2. The fourth-order valence-electron chi connectivity index (χ4n) is 3.74. The summed E-state index contributed by atoms with van der Waals surface area (Å²) in [7, 11) is 0. The van der Waals surface area contributed by atoms with E-state index in [4.69, 9.17) is 0 Å². The SMILES string of the molecule is Cc1cc(C)c(-c2ccccc2-c2ccccc2)c(-c2ccccc2)c1. The van der Waals surface area contributed by atoms with Crippen molar-refractivity contribution >= 4 is 0 Å². The van der Waals surface area contributed by atoms with Gasteiger partial charge >= 0.3 is 0 Å². The molecule has 0 radical (unpaired) electrons. The van der Waals surface area contributed by atoms with Crippen LogP contribution in [0.1, 0.15) is 11.1 Å². The van der Waals surface area contributed by atoms with E-state index in [1.165, 1.54) is 44.5 Å². The van der Waals surface area contributed by atoms with Crippen molar-refractivity contribution in [2.24, 2.45) is 0 Å². The van der Waals surface area contributed by atoms with E-state index in [0.717, 1.165) is 0 Å². The Morgan fingerprint density at radius 3 is 1.58 bits per heavy atom. The summed E-state index contributed by atoms with van der Waals surface area (Å²) < 4.78 is 0. The summed E-state index contributed by atoms with van der Waals surface area (Å²) in [6.07, 6.45) is 0. The monoisotopic (exact) mass is 334 g/mol. The highest BCUT2D eigenvalue weighted by atomic mass is 14.2. The van der Waals surface area contributed by atoms with Gasteiger partial charge in [-0.1, -0.05) is 103 Å². The Hall–Kier alpha value is -3.12. The summed E-state index contributed by atoms with van der Waals surface area (Å²) in [6, 6.07) is 34.6. The van der Waals surface area contributed by atoms with Crippen LogP contribution in [0.3, 0.4) is 0 Å². The summed E-state index contributed by atoms with van der Waals surface area (Å²) >= 11 is 0. The standard InChI is InChI=1S/C26H22/c1-19-17-20(2)26(25(18-19)22-13-7-4-8-14-22)24-16-10-9-15-23(24)21-11-5-3-6-12-21/h3-18H,1-2H3. The summed E-state index contributed by atoms with van der Waals surface area (Å²) in [5.41, 5.74) is 10.3. The molecule has 0 spiro atoms. The third-order valence-electron chi connectivity index (χ3n) is 4.85. The zero-order valence-electron chi connectivity index (χ0n) is 15.2. The van der Waals surface area contributed by atoms with Crippen LogP contribution in [0.25, 0.3) is 33.4 Å². The van der Waals surface area contributed by atoms with Gasteiger partial charge in [0, 0.05) is 0 Å². The van der Waals surface area contributed by atoms with E-state index in [9.17, 15) is 0 Å². The van der Waals surface area contributed by atoms with Gasteiger partial charge in [-0.25, -0.2) is 0 Å². The molecule has 0 aliphatic carbocycles. The zero-order chi connectivity index (χ0) is 17.9. The minimum absolute atomic E-state index is 1.25. The average Bonchev–Trinajstić information content (AvgIpc) is 2.69. The van der Waals surface area contributed by atoms with Gasteiger partial charge in [-0.2, -0.15) is 0 Å². The Balaban J connectivity index is 2.01. The van der Waals surface area contributed by atoms with Gasteiger partial charge in [0.15, 0.2) is 0 Å².